The van der Waals surface area contributed by atoms with Gasteiger partial charge in [0.05, 0.1) is 19.8 Å². The van der Waals surface area contributed by atoms with Gasteiger partial charge in [0.2, 0.25) is 0 Å². The van der Waals surface area contributed by atoms with Crippen LogP contribution in [0, 0.1) is 12.3 Å². The summed E-state index contributed by atoms with van der Waals surface area (Å²) in [6, 6.07) is 33.2. The van der Waals surface area contributed by atoms with Crippen molar-refractivity contribution in [2.24, 2.45) is 0 Å². The SMILES string of the molecule is C#C[C@](CCC=C)(O[Si](CC)(CC)CC)[C@H](OCc1ccccc1)[C@@H](OCc1ccccc1)[C@@H](C=C)OCc1ccccc1. The first-order valence-electron chi connectivity index (χ1n) is 15.9. The summed E-state index contributed by atoms with van der Waals surface area (Å²) in [6.07, 6.45) is 9.67. The third-order valence-corrected chi connectivity index (χ3v) is 13.1. The van der Waals surface area contributed by atoms with E-state index in [-0.39, 0.29) is 0 Å². The lowest BCUT2D eigenvalue weighted by molar-refractivity contribution is -0.183. The second-order valence-electron chi connectivity index (χ2n) is 11.2. The van der Waals surface area contributed by atoms with Gasteiger partial charge < -0.3 is 18.6 Å². The number of benzene rings is 3. The van der Waals surface area contributed by atoms with Gasteiger partial charge in [-0.2, -0.15) is 0 Å². The molecule has 0 spiro atoms. The van der Waals surface area contributed by atoms with E-state index >= 15 is 0 Å². The molecule has 0 saturated heterocycles. The lowest BCUT2D eigenvalue weighted by atomic mass is 9.86. The van der Waals surface area contributed by atoms with Gasteiger partial charge in [-0.3, -0.25) is 0 Å². The summed E-state index contributed by atoms with van der Waals surface area (Å²) in [7, 11) is -2.22. The number of allylic oxidation sites excluding steroid dienone is 1. The van der Waals surface area contributed by atoms with Crippen molar-refractivity contribution in [3.05, 3.63) is 133 Å². The van der Waals surface area contributed by atoms with Gasteiger partial charge in [-0.05, 0) is 47.7 Å². The third-order valence-electron chi connectivity index (χ3n) is 8.45. The minimum absolute atomic E-state index is 0.346. The van der Waals surface area contributed by atoms with E-state index in [0.29, 0.717) is 32.7 Å². The highest BCUT2D eigenvalue weighted by Crippen LogP contribution is 2.38. The van der Waals surface area contributed by atoms with Crippen LogP contribution >= 0.6 is 0 Å². The van der Waals surface area contributed by atoms with E-state index in [1.54, 1.807) is 6.08 Å². The number of hydrogen-bond acceptors (Lipinski definition) is 4. The van der Waals surface area contributed by atoms with Crippen LogP contribution in [0.5, 0.6) is 0 Å². The Balaban J connectivity index is 2.13. The molecule has 0 N–H and O–H groups in total. The zero-order valence-corrected chi connectivity index (χ0v) is 27.8. The Morgan fingerprint density at radius 2 is 1.18 bits per heavy atom. The van der Waals surface area contributed by atoms with Gasteiger partial charge in [0, 0.05) is 0 Å². The highest BCUT2D eigenvalue weighted by atomic mass is 28.4. The quantitative estimate of drug-likeness (QED) is 0.0684. The van der Waals surface area contributed by atoms with E-state index in [9.17, 15) is 0 Å². The minimum atomic E-state index is -2.22. The third kappa shape index (κ3) is 9.89. The molecule has 5 heteroatoms. The molecule has 0 aliphatic heterocycles. The summed E-state index contributed by atoms with van der Waals surface area (Å²) >= 11 is 0. The molecule has 3 rings (SSSR count). The standard InChI is InChI=1S/C39H50O4Si/c1-7-13-29-39(9-3,43-44(10-4,11-5)12-6)38(42-32-35-27-21-16-22-28-35)37(41-31-34-25-19-15-20-26-34)36(8-2)40-30-33-23-17-14-18-24-33/h3,7-8,14-28,36-38H,1-2,10-13,29-32H2,4-6H3/t36-,37+,38-,39-/m1/s1. The summed E-state index contributed by atoms with van der Waals surface area (Å²) in [6.45, 7) is 15.9. The van der Waals surface area contributed by atoms with E-state index in [1.807, 2.05) is 72.8 Å². The monoisotopic (exact) mass is 610 g/mol. The summed E-state index contributed by atoms with van der Waals surface area (Å²) in [5, 5.41) is 0. The minimum Gasteiger partial charge on any atom is -0.399 e. The molecule has 0 radical (unpaired) electrons. The maximum Gasteiger partial charge on any atom is 0.194 e. The lowest BCUT2D eigenvalue weighted by Gasteiger charge is -2.47. The molecule has 0 fully saturated rings. The van der Waals surface area contributed by atoms with Crippen LogP contribution in [0.25, 0.3) is 0 Å². The fourth-order valence-electron chi connectivity index (χ4n) is 5.54. The Morgan fingerprint density at radius 3 is 1.59 bits per heavy atom. The fourth-order valence-corrected chi connectivity index (χ4v) is 8.53. The lowest BCUT2D eigenvalue weighted by Crippen LogP contribution is -2.60. The number of rotatable bonds is 21. The van der Waals surface area contributed by atoms with Crippen LogP contribution in [0.2, 0.25) is 18.1 Å². The molecule has 3 aromatic carbocycles. The average Bonchev–Trinajstić information content (AvgIpc) is 3.09. The van der Waals surface area contributed by atoms with Crippen molar-refractivity contribution < 1.29 is 18.6 Å². The molecular formula is C39H50O4Si. The van der Waals surface area contributed by atoms with E-state index < -0.39 is 32.2 Å². The molecule has 0 heterocycles. The van der Waals surface area contributed by atoms with Crippen molar-refractivity contribution in [2.75, 3.05) is 0 Å². The highest BCUT2D eigenvalue weighted by molar-refractivity contribution is 6.73. The summed E-state index contributed by atoms with van der Waals surface area (Å²) in [5.41, 5.74) is 2.07. The molecule has 0 bridgehead atoms. The van der Waals surface area contributed by atoms with Crippen molar-refractivity contribution in [3.8, 4) is 12.3 Å². The van der Waals surface area contributed by atoms with E-state index in [4.69, 9.17) is 25.1 Å². The summed E-state index contributed by atoms with van der Waals surface area (Å²) in [4.78, 5) is 0. The topological polar surface area (TPSA) is 36.9 Å². The fraction of sp³-hybridized carbons (Fsp3) is 0.385. The van der Waals surface area contributed by atoms with E-state index in [0.717, 1.165) is 34.8 Å². The average molecular weight is 611 g/mol. The van der Waals surface area contributed by atoms with Crippen molar-refractivity contribution in [1.82, 2.24) is 0 Å². The zero-order chi connectivity index (χ0) is 31.7. The first kappa shape index (κ1) is 35.2. The van der Waals surface area contributed by atoms with Crippen LogP contribution < -0.4 is 0 Å². The Hall–Kier alpha value is -3.24. The molecule has 0 aromatic heterocycles. The molecule has 0 aliphatic rings. The molecule has 234 valence electrons. The van der Waals surface area contributed by atoms with Gasteiger partial charge >= 0.3 is 0 Å². The predicted octanol–water partition coefficient (Wildman–Crippen LogP) is 9.29. The Morgan fingerprint density at radius 1 is 0.727 bits per heavy atom. The molecule has 0 aliphatic carbocycles. The summed E-state index contributed by atoms with van der Waals surface area (Å²) in [5.74, 6) is 3.15. The number of terminal acetylenes is 1. The van der Waals surface area contributed by atoms with Crippen molar-refractivity contribution >= 4 is 8.32 Å². The Bertz CT molecular complexity index is 1260. The molecule has 44 heavy (non-hydrogen) atoms. The molecular weight excluding hydrogens is 561 g/mol. The maximum atomic E-state index is 7.33. The zero-order valence-electron chi connectivity index (χ0n) is 26.8. The molecule has 0 unspecified atom stereocenters. The predicted molar refractivity (Wildman–Crippen MR) is 185 cm³/mol. The second-order valence-corrected chi connectivity index (χ2v) is 15.9. The molecule has 4 nitrogen and oxygen atoms in total. The van der Waals surface area contributed by atoms with E-state index in [2.05, 4.69) is 64.1 Å². The largest absolute Gasteiger partial charge is 0.399 e. The van der Waals surface area contributed by atoms with Crippen LogP contribution in [-0.2, 0) is 38.5 Å². The van der Waals surface area contributed by atoms with Crippen LogP contribution in [0.4, 0.5) is 0 Å². The normalized spacial score (nSPS) is 15.0. The van der Waals surface area contributed by atoms with Gasteiger partial charge in [-0.1, -0.05) is 130 Å². The van der Waals surface area contributed by atoms with Crippen LogP contribution in [-0.4, -0.2) is 32.2 Å². The second kappa shape index (κ2) is 18.5. The van der Waals surface area contributed by atoms with Crippen molar-refractivity contribution in [3.63, 3.8) is 0 Å². The van der Waals surface area contributed by atoms with Gasteiger partial charge in [-0.25, -0.2) is 0 Å². The first-order valence-corrected chi connectivity index (χ1v) is 18.4. The van der Waals surface area contributed by atoms with Gasteiger partial charge in [0.25, 0.3) is 0 Å². The first-order chi connectivity index (χ1) is 21.5. The molecule has 3 aromatic rings. The van der Waals surface area contributed by atoms with Crippen LogP contribution in [0.3, 0.4) is 0 Å². The highest BCUT2D eigenvalue weighted by Gasteiger charge is 2.50. The Kier molecular flexibility index (Phi) is 14.8. The van der Waals surface area contributed by atoms with Crippen LogP contribution in [0.1, 0.15) is 50.3 Å². The molecule has 0 saturated carbocycles. The number of hydrogen-bond donors (Lipinski definition) is 0. The molecule has 0 amide bonds. The van der Waals surface area contributed by atoms with Crippen molar-refractivity contribution in [1.29, 1.82) is 0 Å². The summed E-state index contributed by atoms with van der Waals surface area (Å²) < 4.78 is 27.6. The van der Waals surface area contributed by atoms with Crippen molar-refractivity contribution in [2.45, 2.75) is 95.5 Å². The number of ether oxygens (including phenoxy) is 3. The maximum absolute atomic E-state index is 7.33. The van der Waals surface area contributed by atoms with E-state index in [1.165, 1.54) is 0 Å². The van der Waals surface area contributed by atoms with Gasteiger partial charge in [0.15, 0.2) is 8.32 Å². The van der Waals surface area contributed by atoms with Crippen LogP contribution in [0.15, 0.2) is 116 Å². The van der Waals surface area contributed by atoms with Gasteiger partial charge in [0.1, 0.15) is 23.9 Å². The molecule has 4 atom stereocenters. The smallest absolute Gasteiger partial charge is 0.194 e. The van der Waals surface area contributed by atoms with Gasteiger partial charge in [-0.15, -0.1) is 19.6 Å². The Labute approximate surface area is 267 Å².